The molecule has 0 aliphatic rings. The van der Waals surface area contributed by atoms with Crippen LogP contribution in [0.3, 0.4) is 0 Å². The Morgan fingerprint density at radius 3 is 2.24 bits per heavy atom. The van der Waals surface area contributed by atoms with Crippen molar-refractivity contribution in [2.75, 3.05) is 7.11 Å². The summed E-state index contributed by atoms with van der Waals surface area (Å²) in [6, 6.07) is 36.5. The van der Waals surface area contributed by atoms with Gasteiger partial charge in [-0.3, -0.25) is 0 Å². The summed E-state index contributed by atoms with van der Waals surface area (Å²) < 4.78 is 7.93. The molecule has 166 valence electrons. The second-order valence-electron chi connectivity index (χ2n) is 8.70. The second-order valence-corrected chi connectivity index (χ2v) is 8.70. The number of rotatable bonds is 5. The molecule has 6 rings (SSSR count). The van der Waals surface area contributed by atoms with Crippen molar-refractivity contribution >= 4 is 21.8 Å². The average Bonchev–Trinajstić information content (AvgIpc) is 3.44. The molecule has 1 N–H and O–H groups in total. The fraction of sp³-hybridized carbons (Fsp3) is 0.0968. The number of aromatic nitrogens is 2. The molecule has 0 saturated heterocycles. The Kier molecular flexibility index (Phi) is 4.96. The number of hydrogen-bond donors (Lipinski definition) is 1. The summed E-state index contributed by atoms with van der Waals surface area (Å²) in [5, 5.41) is 2.45. The molecule has 0 radical (unpaired) electrons. The monoisotopic (exact) mass is 442 g/mol. The van der Waals surface area contributed by atoms with E-state index >= 15 is 0 Å². The summed E-state index contributed by atoms with van der Waals surface area (Å²) in [6.45, 7) is 0. The Morgan fingerprint density at radius 1 is 0.765 bits per heavy atom. The third-order valence-corrected chi connectivity index (χ3v) is 6.85. The van der Waals surface area contributed by atoms with E-state index in [0.29, 0.717) is 0 Å². The molecular weight excluding hydrogens is 416 g/mol. The van der Waals surface area contributed by atoms with E-state index in [9.17, 15) is 0 Å². The second kappa shape index (κ2) is 8.27. The van der Waals surface area contributed by atoms with Gasteiger partial charge in [0.25, 0.3) is 0 Å². The van der Waals surface area contributed by atoms with Crippen LogP contribution in [0.5, 0.6) is 5.75 Å². The molecule has 0 spiro atoms. The molecule has 3 nitrogen and oxygen atoms in total. The van der Waals surface area contributed by atoms with E-state index in [1.54, 1.807) is 7.11 Å². The Hall–Kier alpha value is -4.24. The van der Waals surface area contributed by atoms with Crippen molar-refractivity contribution in [1.82, 2.24) is 9.55 Å². The minimum atomic E-state index is 0.0448. The van der Waals surface area contributed by atoms with Crippen LogP contribution in [0.15, 0.2) is 109 Å². The number of ether oxygens (including phenoxy) is 1. The lowest BCUT2D eigenvalue weighted by molar-refractivity contribution is 0.415. The summed E-state index contributed by atoms with van der Waals surface area (Å²) in [7, 11) is 3.90. The first-order valence-electron chi connectivity index (χ1n) is 11.6. The number of aromatic amines is 1. The number of methoxy groups -OCH3 is 1. The Morgan fingerprint density at radius 2 is 1.47 bits per heavy atom. The van der Waals surface area contributed by atoms with Crippen molar-refractivity contribution in [2.45, 2.75) is 5.92 Å². The van der Waals surface area contributed by atoms with Crippen molar-refractivity contribution in [2.24, 2.45) is 7.05 Å². The maximum Gasteiger partial charge on any atom is 0.119 e. The molecule has 2 heterocycles. The van der Waals surface area contributed by atoms with E-state index in [2.05, 4.69) is 120 Å². The van der Waals surface area contributed by atoms with Gasteiger partial charge in [0.15, 0.2) is 0 Å². The predicted molar refractivity (Wildman–Crippen MR) is 141 cm³/mol. The Bertz CT molecular complexity index is 1590. The average molecular weight is 443 g/mol. The normalized spacial score (nSPS) is 12.3. The summed E-state index contributed by atoms with van der Waals surface area (Å²) in [5.41, 5.74) is 8.63. The first-order chi connectivity index (χ1) is 16.8. The lowest BCUT2D eigenvalue weighted by Crippen LogP contribution is -2.05. The van der Waals surface area contributed by atoms with Crippen molar-refractivity contribution in [3.63, 3.8) is 0 Å². The van der Waals surface area contributed by atoms with Gasteiger partial charge in [-0.15, -0.1) is 0 Å². The van der Waals surface area contributed by atoms with Gasteiger partial charge in [0, 0.05) is 41.0 Å². The van der Waals surface area contributed by atoms with E-state index in [-0.39, 0.29) is 5.92 Å². The van der Waals surface area contributed by atoms with E-state index in [1.165, 1.54) is 44.2 Å². The van der Waals surface area contributed by atoms with E-state index < -0.39 is 0 Å². The first kappa shape index (κ1) is 20.4. The molecule has 0 aliphatic heterocycles. The van der Waals surface area contributed by atoms with Crippen LogP contribution in [0.1, 0.15) is 22.6 Å². The van der Waals surface area contributed by atoms with Crippen LogP contribution in [-0.4, -0.2) is 16.7 Å². The molecule has 4 aromatic carbocycles. The van der Waals surface area contributed by atoms with E-state index in [1.807, 2.05) is 6.07 Å². The summed E-state index contributed by atoms with van der Waals surface area (Å²) in [5.74, 6) is 0.907. The molecule has 6 aromatic rings. The highest BCUT2D eigenvalue weighted by molar-refractivity contribution is 5.95. The van der Waals surface area contributed by atoms with Gasteiger partial charge < -0.3 is 14.3 Å². The highest BCUT2D eigenvalue weighted by Crippen LogP contribution is 2.45. The minimum absolute atomic E-state index is 0.0448. The highest BCUT2D eigenvalue weighted by Gasteiger charge is 2.28. The topological polar surface area (TPSA) is 29.9 Å². The van der Waals surface area contributed by atoms with Gasteiger partial charge in [-0.25, -0.2) is 0 Å². The summed E-state index contributed by atoms with van der Waals surface area (Å²) in [6.07, 6.45) is 2.16. The van der Waals surface area contributed by atoms with Gasteiger partial charge in [-0.2, -0.15) is 0 Å². The molecule has 0 bridgehead atoms. The molecule has 0 aliphatic carbocycles. The fourth-order valence-electron chi connectivity index (χ4n) is 5.29. The standard InChI is InChI=1S/C31H26N2O/c1-33-28-16-10-9-15-24(28)30(31(33)22-13-7-4-8-14-22)29(21-11-5-3-6-12-21)26-20-32-27-18-17-23(34-2)19-25(26)27/h3-20,29,32H,1-2H3. The largest absolute Gasteiger partial charge is 0.497 e. The van der Waals surface area contributed by atoms with Crippen LogP contribution in [0.2, 0.25) is 0 Å². The molecule has 0 saturated carbocycles. The first-order valence-corrected chi connectivity index (χ1v) is 11.6. The minimum Gasteiger partial charge on any atom is -0.497 e. The zero-order valence-corrected chi connectivity index (χ0v) is 19.3. The highest BCUT2D eigenvalue weighted by atomic mass is 16.5. The lowest BCUT2D eigenvalue weighted by Gasteiger charge is -2.20. The SMILES string of the molecule is COc1ccc2[nH]cc(C(c3ccccc3)c3c(-c4ccccc4)n(C)c4ccccc34)c2c1. The van der Waals surface area contributed by atoms with Crippen molar-refractivity contribution < 1.29 is 4.74 Å². The Labute approximate surface area is 199 Å². The maximum atomic E-state index is 5.59. The van der Waals surface area contributed by atoms with Gasteiger partial charge in [-0.05, 0) is 46.5 Å². The molecule has 1 atom stereocenters. The maximum absolute atomic E-state index is 5.59. The van der Waals surface area contributed by atoms with Crippen LogP contribution in [0.4, 0.5) is 0 Å². The van der Waals surface area contributed by atoms with E-state index in [4.69, 9.17) is 4.74 Å². The predicted octanol–water partition coefficient (Wildman–Crippen LogP) is 7.52. The molecule has 3 heteroatoms. The molecule has 34 heavy (non-hydrogen) atoms. The van der Waals surface area contributed by atoms with Crippen molar-refractivity contribution in [3.8, 4) is 17.0 Å². The number of fused-ring (bicyclic) bond motifs is 2. The van der Waals surface area contributed by atoms with Crippen molar-refractivity contribution in [3.05, 3.63) is 126 Å². The number of H-pyrrole nitrogens is 1. The van der Waals surface area contributed by atoms with Crippen LogP contribution in [-0.2, 0) is 7.05 Å². The third-order valence-electron chi connectivity index (χ3n) is 6.85. The summed E-state index contributed by atoms with van der Waals surface area (Å²) >= 11 is 0. The van der Waals surface area contributed by atoms with Crippen LogP contribution in [0.25, 0.3) is 33.1 Å². The zero-order chi connectivity index (χ0) is 23.1. The summed E-state index contributed by atoms with van der Waals surface area (Å²) in [4.78, 5) is 3.51. The van der Waals surface area contributed by atoms with Crippen LogP contribution in [0, 0.1) is 0 Å². The number of para-hydroxylation sites is 1. The van der Waals surface area contributed by atoms with Gasteiger partial charge in [-0.1, -0.05) is 78.9 Å². The van der Waals surface area contributed by atoms with Gasteiger partial charge >= 0.3 is 0 Å². The van der Waals surface area contributed by atoms with Gasteiger partial charge in [0.1, 0.15) is 5.75 Å². The fourth-order valence-corrected chi connectivity index (χ4v) is 5.29. The van der Waals surface area contributed by atoms with Gasteiger partial charge in [0.2, 0.25) is 0 Å². The van der Waals surface area contributed by atoms with Crippen LogP contribution < -0.4 is 4.74 Å². The molecule has 2 aromatic heterocycles. The zero-order valence-electron chi connectivity index (χ0n) is 19.3. The molecule has 1 unspecified atom stereocenters. The number of nitrogens with zero attached hydrogens (tertiary/aromatic N) is 1. The number of nitrogens with one attached hydrogen (secondary N) is 1. The number of benzene rings is 4. The Balaban J connectivity index is 1.73. The van der Waals surface area contributed by atoms with Crippen LogP contribution >= 0.6 is 0 Å². The van der Waals surface area contributed by atoms with E-state index in [0.717, 1.165) is 11.3 Å². The lowest BCUT2D eigenvalue weighted by atomic mass is 9.82. The smallest absolute Gasteiger partial charge is 0.119 e. The third kappa shape index (κ3) is 3.20. The quantitative estimate of drug-likeness (QED) is 0.294. The van der Waals surface area contributed by atoms with Gasteiger partial charge in [0.05, 0.1) is 12.8 Å². The number of aryl methyl sites for hydroxylation is 1. The molecule has 0 fully saturated rings. The molecule has 0 amide bonds. The number of hydrogen-bond acceptors (Lipinski definition) is 1. The van der Waals surface area contributed by atoms with Crippen molar-refractivity contribution in [1.29, 1.82) is 0 Å². The molecular formula is C31H26N2O.